The standard InChI is InChI=1S/C20H23FN2O/c1-14-12-17(15(2)23(14)19-7-8-19)6-9-20(24)22-11-10-16-4-3-5-18(21)13-16/h3-6,9,12-13,19H,7-8,10-11H2,1-2H3,(H,22,24)/b9-6+. The van der Waals surface area contributed by atoms with E-state index in [1.807, 2.05) is 12.1 Å². The van der Waals surface area contributed by atoms with Crippen LogP contribution in [0, 0.1) is 19.7 Å². The molecule has 1 aliphatic carbocycles. The molecule has 0 bridgehead atoms. The summed E-state index contributed by atoms with van der Waals surface area (Å²) >= 11 is 0. The van der Waals surface area contributed by atoms with Crippen molar-refractivity contribution < 1.29 is 9.18 Å². The first-order valence-corrected chi connectivity index (χ1v) is 8.43. The zero-order chi connectivity index (χ0) is 17.1. The number of aromatic nitrogens is 1. The number of benzene rings is 1. The van der Waals surface area contributed by atoms with Gasteiger partial charge in [0.25, 0.3) is 0 Å². The second kappa shape index (κ2) is 7.04. The van der Waals surface area contributed by atoms with Crippen LogP contribution < -0.4 is 5.32 Å². The summed E-state index contributed by atoms with van der Waals surface area (Å²) in [6.07, 6.45) is 6.57. The molecule has 1 fully saturated rings. The number of halogens is 1. The summed E-state index contributed by atoms with van der Waals surface area (Å²) < 4.78 is 15.5. The molecular weight excluding hydrogens is 303 g/mol. The van der Waals surface area contributed by atoms with Crippen molar-refractivity contribution in [2.75, 3.05) is 6.54 Å². The first-order valence-electron chi connectivity index (χ1n) is 8.43. The third kappa shape index (κ3) is 3.94. The van der Waals surface area contributed by atoms with Gasteiger partial charge in [-0.25, -0.2) is 4.39 Å². The predicted molar refractivity (Wildman–Crippen MR) is 94.3 cm³/mol. The summed E-state index contributed by atoms with van der Waals surface area (Å²) in [7, 11) is 0. The Labute approximate surface area is 142 Å². The van der Waals surface area contributed by atoms with E-state index in [-0.39, 0.29) is 11.7 Å². The van der Waals surface area contributed by atoms with Crippen LogP contribution in [0.5, 0.6) is 0 Å². The Balaban J connectivity index is 1.53. The number of hydrogen-bond donors (Lipinski definition) is 1. The molecule has 3 rings (SSSR count). The summed E-state index contributed by atoms with van der Waals surface area (Å²) in [5.74, 6) is -0.368. The molecule has 1 aromatic carbocycles. The van der Waals surface area contributed by atoms with Gasteiger partial charge in [-0.2, -0.15) is 0 Å². The van der Waals surface area contributed by atoms with Crippen LogP contribution in [-0.4, -0.2) is 17.0 Å². The zero-order valence-electron chi connectivity index (χ0n) is 14.2. The van der Waals surface area contributed by atoms with E-state index >= 15 is 0 Å². The van der Waals surface area contributed by atoms with Gasteiger partial charge in [-0.1, -0.05) is 12.1 Å². The van der Waals surface area contributed by atoms with Gasteiger partial charge in [-0.05, 0) is 68.5 Å². The lowest BCUT2D eigenvalue weighted by atomic mass is 10.1. The van der Waals surface area contributed by atoms with E-state index in [4.69, 9.17) is 0 Å². The summed E-state index contributed by atoms with van der Waals surface area (Å²) in [5, 5.41) is 2.84. The molecule has 1 aromatic heterocycles. The van der Waals surface area contributed by atoms with E-state index in [9.17, 15) is 9.18 Å². The Morgan fingerprint density at radius 2 is 2.12 bits per heavy atom. The average Bonchev–Trinajstić information content (AvgIpc) is 3.32. The van der Waals surface area contributed by atoms with Crippen molar-refractivity contribution in [1.82, 2.24) is 9.88 Å². The van der Waals surface area contributed by atoms with Gasteiger partial charge in [0.15, 0.2) is 0 Å². The molecule has 24 heavy (non-hydrogen) atoms. The highest BCUT2D eigenvalue weighted by Gasteiger charge is 2.26. The molecule has 1 aliphatic rings. The molecule has 126 valence electrons. The second-order valence-corrected chi connectivity index (χ2v) is 6.43. The van der Waals surface area contributed by atoms with Crippen molar-refractivity contribution in [1.29, 1.82) is 0 Å². The van der Waals surface area contributed by atoms with Crippen molar-refractivity contribution in [3.8, 4) is 0 Å². The Kier molecular flexibility index (Phi) is 4.84. The fourth-order valence-electron chi connectivity index (χ4n) is 3.11. The van der Waals surface area contributed by atoms with E-state index < -0.39 is 0 Å². The molecule has 1 saturated carbocycles. The number of aryl methyl sites for hydroxylation is 1. The fraction of sp³-hybridized carbons (Fsp3) is 0.350. The van der Waals surface area contributed by atoms with Crippen molar-refractivity contribution in [2.45, 2.75) is 39.2 Å². The number of rotatable bonds is 6. The lowest BCUT2D eigenvalue weighted by molar-refractivity contribution is -0.116. The molecule has 1 amide bonds. The average molecular weight is 326 g/mol. The first kappa shape index (κ1) is 16.5. The van der Waals surface area contributed by atoms with Crippen LogP contribution in [0.15, 0.2) is 36.4 Å². The molecule has 2 aromatic rings. The molecular formula is C20H23FN2O. The summed E-state index contributed by atoms with van der Waals surface area (Å²) in [6.45, 7) is 4.71. The number of hydrogen-bond acceptors (Lipinski definition) is 1. The van der Waals surface area contributed by atoms with Crippen molar-refractivity contribution in [2.24, 2.45) is 0 Å². The SMILES string of the molecule is Cc1cc(/C=C/C(=O)NCCc2cccc(F)c2)c(C)n1C1CC1. The van der Waals surface area contributed by atoms with E-state index in [1.54, 1.807) is 12.1 Å². The molecule has 0 saturated heterocycles. The molecule has 1 heterocycles. The van der Waals surface area contributed by atoms with Crippen LogP contribution >= 0.6 is 0 Å². The monoisotopic (exact) mass is 326 g/mol. The smallest absolute Gasteiger partial charge is 0.244 e. The highest BCUT2D eigenvalue weighted by Crippen LogP contribution is 2.38. The maximum absolute atomic E-state index is 13.1. The minimum atomic E-state index is -0.246. The minimum absolute atomic E-state index is 0.123. The quantitative estimate of drug-likeness (QED) is 0.801. The van der Waals surface area contributed by atoms with Crippen LogP contribution in [-0.2, 0) is 11.2 Å². The van der Waals surface area contributed by atoms with Gasteiger partial charge < -0.3 is 9.88 Å². The van der Waals surface area contributed by atoms with Crippen LogP contribution in [0.3, 0.4) is 0 Å². The molecule has 0 radical (unpaired) electrons. The lowest BCUT2D eigenvalue weighted by Crippen LogP contribution is -2.23. The Morgan fingerprint density at radius 1 is 1.33 bits per heavy atom. The van der Waals surface area contributed by atoms with Gasteiger partial charge in [0.05, 0.1) is 0 Å². The van der Waals surface area contributed by atoms with Gasteiger partial charge in [0, 0.05) is 30.1 Å². The van der Waals surface area contributed by atoms with Gasteiger partial charge in [-0.15, -0.1) is 0 Å². The van der Waals surface area contributed by atoms with Crippen molar-refractivity contribution in [3.05, 3.63) is 64.7 Å². The van der Waals surface area contributed by atoms with Crippen LogP contribution in [0.1, 0.15) is 41.4 Å². The van der Waals surface area contributed by atoms with Gasteiger partial charge in [0.2, 0.25) is 5.91 Å². The highest BCUT2D eigenvalue weighted by molar-refractivity contribution is 5.91. The van der Waals surface area contributed by atoms with Gasteiger partial charge >= 0.3 is 0 Å². The number of nitrogens with zero attached hydrogens (tertiary/aromatic N) is 1. The maximum atomic E-state index is 13.1. The molecule has 3 nitrogen and oxygen atoms in total. The number of amides is 1. The maximum Gasteiger partial charge on any atom is 0.244 e. The summed E-state index contributed by atoms with van der Waals surface area (Å²) in [6, 6.07) is 9.23. The molecule has 1 N–H and O–H groups in total. The fourth-order valence-corrected chi connectivity index (χ4v) is 3.11. The van der Waals surface area contributed by atoms with Crippen LogP contribution in [0.4, 0.5) is 4.39 Å². The molecule has 0 spiro atoms. The normalized spacial score (nSPS) is 14.3. The van der Waals surface area contributed by atoms with Crippen LogP contribution in [0.2, 0.25) is 0 Å². The largest absolute Gasteiger partial charge is 0.352 e. The van der Waals surface area contributed by atoms with E-state index in [1.165, 1.54) is 36.4 Å². The Hall–Kier alpha value is -2.36. The molecule has 4 heteroatoms. The van der Waals surface area contributed by atoms with Gasteiger partial charge in [0.1, 0.15) is 5.82 Å². The zero-order valence-corrected chi connectivity index (χ0v) is 14.2. The topological polar surface area (TPSA) is 34.0 Å². The van der Waals surface area contributed by atoms with E-state index in [2.05, 4.69) is 29.8 Å². The molecule has 0 atom stereocenters. The van der Waals surface area contributed by atoms with Crippen molar-refractivity contribution in [3.63, 3.8) is 0 Å². The number of carbonyl (C=O) groups excluding carboxylic acids is 1. The number of nitrogens with one attached hydrogen (secondary N) is 1. The predicted octanol–water partition coefficient (Wildman–Crippen LogP) is 3.95. The Bertz CT molecular complexity index is 772. The van der Waals surface area contributed by atoms with Crippen molar-refractivity contribution >= 4 is 12.0 Å². The third-order valence-electron chi connectivity index (χ3n) is 4.45. The molecule has 0 aliphatic heterocycles. The third-order valence-corrected chi connectivity index (χ3v) is 4.45. The lowest BCUT2D eigenvalue weighted by Gasteiger charge is -2.06. The van der Waals surface area contributed by atoms with E-state index in [0.29, 0.717) is 19.0 Å². The molecule has 0 unspecified atom stereocenters. The summed E-state index contributed by atoms with van der Waals surface area (Å²) in [5.41, 5.74) is 4.45. The van der Waals surface area contributed by atoms with E-state index in [0.717, 1.165) is 11.1 Å². The first-order chi connectivity index (χ1) is 11.5. The second-order valence-electron chi connectivity index (χ2n) is 6.43. The van der Waals surface area contributed by atoms with Crippen LogP contribution in [0.25, 0.3) is 6.08 Å². The summed E-state index contributed by atoms with van der Waals surface area (Å²) in [4.78, 5) is 11.9. The van der Waals surface area contributed by atoms with Gasteiger partial charge in [-0.3, -0.25) is 4.79 Å². The number of carbonyl (C=O) groups is 1. The Morgan fingerprint density at radius 3 is 2.83 bits per heavy atom. The minimum Gasteiger partial charge on any atom is -0.352 e. The highest BCUT2D eigenvalue weighted by atomic mass is 19.1.